The fraction of sp³-hybridized carbons (Fsp3) is 0. The Morgan fingerprint density at radius 3 is 2.58 bits per heavy atom. The Morgan fingerprint density at radius 2 is 2.08 bits per heavy atom. The van der Waals surface area contributed by atoms with Crippen molar-refractivity contribution in [2.75, 3.05) is 0 Å². The molecule has 1 aromatic rings. The molecule has 0 N–H and O–H groups in total. The summed E-state index contributed by atoms with van der Waals surface area (Å²) in [6.45, 7) is 0. The first-order valence-electron chi connectivity index (χ1n) is 2.97. The van der Waals surface area contributed by atoms with E-state index in [-0.39, 0.29) is 5.56 Å². The second-order valence-electron chi connectivity index (χ2n) is 1.84. The van der Waals surface area contributed by atoms with Gasteiger partial charge in [-0.1, -0.05) is 0 Å². The summed E-state index contributed by atoms with van der Waals surface area (Å²) >= 11 is 0. The van der Waals surface area contributed by atoms with Crippen LogP contribution >= 0.6 is 0 Å². The Morgan fingerprint density at radius 1 is 1.50 bits per heavy atom. The predicted octanol–water partition coefficient (Wildman–Crippen LogP) is 0.430. The van der Waals surface area contributed by atoms with E-state index in [0.717, 1.165) is 0 Å². The largest absolute Gasteiger partial charge is 0.334 e. The van der Waals surface area contributed by atoms with Crippen molar-refractivity contribution >= 4 is 5.97 Å². The number of hydrogen-bond acceptors (Lipinski definition) is 5. The zero-order chi connectivity index (χ0) is 8.97. The summed E-state index contributed by atoms with van der Waals surface area (Å²) < 4.78 is 0. The van der Waals surface area contributed by atoms with Crippen LogP contribution in [0, 0.1) is 10.1 Å². The fourth-order valence-corrected chi connectivity index (χ4v) is 0.608. The van der Waals surface area contributed by atoms with Gasteiger partial charge in [-0.05, 0) is 12.1 Å². The molecule has 0 aliphatic carbocycles. The van der Waals surface area contributed by atoms with Crippen LogP contribution in [-0.4, -0.2) is 16.0 Å². The third kappa shape index (κ3) is 2.01. The van der Waals surface area contributed by atoms with Crippen LogP contribution in [0.15, 0.2) is 24.5 Å². The van der Waals surface area contributed by atoms with Gasteiger partial charge in [0.15, 0.2) is 0 Å². The fourth-order valence-electron chi connectivity index (χ4n) is 0.608. The minimum absolute atomic E-state index is 0.0988. The third-order valence-electron chi connectivity index (χ3n) is 1.07. The van der Waals surface area contributed by atoms with E-state index in [2.05, 4.69) is 9.82 Å². The number of nitrogens with zero attached hydrogens (tertiary/aromatic N) is 2. The zero-order valence-corrected chi connectivity index (χ0v) is 5.84. The van der Waals surface area contributed by atoms with E-state index >= 15 is 0 Å². The summed E-state index contributed by atoms with van der Waals surface area (Å²) in [5, 5.41) is 8.58. The van der Waals surface area contributed by atoms with Crippen molar-refractivity contribution in [2.45, 2.75) is 0 Å². The van der Waals surface area contributed by atoms with E-state index in [1.165, 1.54) is 24.5 Å². The molecule has 0 amide bonds. The topological polar surface area (TPSA) is 82.3 Å². The predicted molar refractivity (Wildman–Crippen MR) is 36.6 cm³/mol. The van der Waals surface area contributed by atoms with Gasteiger partial charge in [0.05, 0.1) is 0 Å². The summed E-state index contributed by atoms with van der Waals surface area (Å²) in [5.74, 6) is -0.998. The van der Waals surface area contributed by atoms with Crippen molar-refractivity contribution in [2.24, 2.45) is 0 Å². The molecule has 0 fully saturated rings. The SMILES string of the molecule is O=C(O[N+](=O)[O-])c1ccncc1. The number of rotatable bonds is 2. The highest BCUT2D eigenvalue weighted by Gasteiger charge is 2.09. The molecule has 1 rings (SSSR count). The van der Waals surface area contributed by atoms with Gasteiger partial charge in [-0.25, -0.2) is 4.84 Å². The van der Waals surface area contributed by atoms with Gasteiger partial charge >= 0.3 is 11.1 Å². The maximum atomic E-state index is 10.8. The van der Waals surface area contributed by atoms with Crippen molar-refractivity contribution in [1.82, 2.24) is 4.98 Å². The maximum absolute atomic E-state index is 10.8. The molecule has 0 unspecified atom stereocenters. The van der Waals surface area contributed by atoms with Crippen molar-refractivity contribution in [3.8, 4) is 0 Å². The molecule has 1 aromatic heterocycles. The second kappa shape index (κ2) is 3.42. The average Bonchev–Trinajstić information content (AvgIpc) is 2.05. The molecule has 0 saturated carbocycles. The van der Waals surface area contributed by atoms with Gasteiger partial charge < -0.3 is 0 Å². The Bertz CT molecular complexity index is 298. The summed E-state index contributed by atoms with van der Waals surface area (Å²) in [6.07, 6.45) is 2.69. The summed E-state index contributed by atoms with van der Waals surface area (Å²) in [7, 11) is 0. The molecule has 0 spiro atoms. The Labute approximate surface area is 66.9 Å². The van der Waals surface area contributed by atoms with Gasteiger partial charge in [-0.3, -0.25) is 9.78 Å². The lowest BCUT2D eigenvalue weighted by Crippen LogP contribution is -2.10. The number of aromatic nitrogens is 1. The lowest BCUT2D eigenvalue weighted by Gasteiger charge is -1.94. The van der Waals surface area contributed by atoms with Crippen LogP contribution < -0.4 is 0 Å². The Kier molecular flexibility index (Phi) is 2.32. The van der Waals surface area contributed by atoms with Crippen molar-refractivity contribution < 1.29 is 14.7 Å². The molecule has 1 heterocycles. The molecule has 0 radical (unpaired) electrons. The van der Waals surface area contributed by atoms with E-state index in [0.29, 0.717) is 0 Å². The monoisotopic (exact) mass is 168 g/mol. The molecule has 6 nitrogen and oxygen atoms in total. The van der Waals surface area contributed by atoms with E-state index in [4.69, 9.17) is 0 Å². The maximum Gasteiger partial charge on any atom is 0.334 e. The lowest BCUT2D eigenvalue weighted by molar-refractivity contribution is -0.727. The zero-order valence-electron chi connectivity index (χ0n) is 5.84. The van der Waals surface area contributed by atoms with E-state index in [1.54, 1.807) is 0 Å². The number of pyridine rings is 1. The van der Waals surface area contributed by atoms with Crippen LogP contribution in [0.4, 0.5) is 0 Å². The van der Waals surface area contributed by atoms with Gasteiger partial charge in [-0.2, -0.15) is 0 Å². The normalized spacial score (nSPS) is 9.00. The standard InChI is InChI=1S/C6H4N2O4/c9-6(12-8(10)11)5-1-3-7-4-2-5/h1-4H. The third-order valence-corrected chi connectivity index (χ3v) is 1.07. The molecular formula is C6H4N2O4. The smallest absolute Gasteiger partial charge is 0.265 e. The lowest BCUT2D eigenvalue weighted by atomic mass is 10.3. The van der Waals surface area contributed by atoms with Crippen LogP contribution in [-0.2, 0) is 4.84 Å². The van der Waals surface area contributed by atoms with Crippen molar-refractivity contribution in [3.63, 3.8) is 0 Å². The summed E-state index contributed by atoms with van der Waals surface area (Å²) in [4.78, 5) is 27.8. The Balaban J connectivity index is 2.73. The molecule has 0 atom stereocenters. The molecule has 0 bridgehead atoms. The van der Waals surface area contributed by atoms with Crippen molar-refractivity contribution in [3.05, 3.63) is 40.2 Å². The van der Waals surface area contributed by atoms with Crippen LogP contribution in [0.25, 0.3) is 0 Å². The van der Waals surface area contributed by atoms with Gasteiger partial charge in [0.25, 0.3) is 0 Å². The van der Waals surface area contributed by atoms with Crippen molar-refractivity contribution in [1.29, 1.82) is 0 Å². The first-order valence-corrected chi connectivity index (χ1v) is 2.97. The molecule has 0 saturated heterocycles. The van der Waals surface area contributed by atoms with E-state index < -0.39 is 11.1 Å². The first kappa shape index (κ1) is 8.12. The van der Waals surface area contributed by atoms with Gasteiger partial charge in [-0.15, -0.1) is 10.1 Å². The molecule has 0 aromatic carbocycles. The molecule has 0 aliphatic rings. The first-order chi connectivity index (χ1) is 5.70. The highest BCUT2D eigenvalue weighted by Crippen LogP contribution is 1.98. The summed E-state index contributed by atoms with van der Waals surface area (Å²) in [6, 6.07) is 2.65. The minimum atomic E-state index is -1.15. The van der Waals surface area contributed by atoms with Crippen LogP contribution in [0.5, 0.6) is 0 Å². The number of carbonyl (C=O) groups excluding carboxylic acids is 1. The summed E-state index contributed by atoms with van der Waals surface area (Å²) in [5.41, 5.74) is 0.0988. The van der Waals surface area contributed by atoms with Gasteiger partial charge in [0.1, 0.15) is 0 Å². The number of carbonyl (C=O) groups is 1. The molecule has 62 valence electrons. The van der Waals surface area contributed by atoms with Crippen LogP contribution in [0.3, 0.4) is 0 Å². The molecule has 0 aliphatic heterocycles. The highest BCUT2D eigenvalue weighted by atomic mass is 17.0. The highest BCUT2D eigenvalue weighted by molar-refractivity contribution is 5.88. The number of hydrogen-bond donors (Lipinski definition) is 0. The van der Waals surface area contributed by atoms with Gasteiger partial charge in [0.2, 0.25) is 0 Å². The van der Waals surface area contributed by atoms with Crippen LogP contribution in [0.1, 0.15) is 10.4 Å². The quantitative estimate of drug-likeness (QED) is 0.472. The molecule has 12 heavy (non-hydrogen) atoms. The van der Waals surface area contributed by atoms with E-state index in [9.17, 15) is 14.9 Å². The van der Waals surface area contributed by atoms with Crippen LogP contribution in [0.2, 0.25) is 0 Å². The molecular weight excluding hydrogens is 164 g/mol. The Hall–Kier alpha value is -1.98. The van der Waals surface area contributed by atoms with Gasteiger partial charge in [0, 0.05) is 18.0 Å². The average molecular weight is 168 g/mol. The minimum Gasteiger partial charge on any atom is -0.265 e. The molecule has 6 heteroatoms. The second-order valence-corrected chi connectivity index (χ2v) is 1.84. The van der Waals surface area contributed by atoms with E-state index in [1.807, 2.05) is 0 Å².